The molecule has 0 bridgehead atoms. The number of halogens is 2. The van der Waals surface area contributed by atoms with E-state index >= 15 is 0 Å². The Morgan fingerprint density at radius 2 is 2.00 bits per heavy atom. The first-order valence-corrected chi connectivity index (χ1v) is 8.90. The summed E-state index contributed by atoms with van der Waals surface area (Å²) >= 11 is 11.6. The molecular weight excluding hydrogens is 371 g/mol. The van der Waals surface area contributed by atoms with E-state index in [4.69, 9.17) is 23.8 Å². The van der Waals surface area contributed by atoms with Crippen molar-refractivity contribution in [3.8, 4) is 0 Å². The van der Waals surface area contributed by atoms with Crippen molar-refractivity contribution in [1.82, 2.24) is 15.1 Å². The third-order valence-corrected chi connectivity index (χ3v) is 4.33. The molecule has 0 saturated heterocycles. The standard InChI is InChI=1S/C19H18ClFN4S/c1-13(15-7-3-2-4-8-15)22-19(26)23-18-17(20)12-25(24-18)11-14-6-5-9-16(21)10-14/h2-10,12-13H,11H2,1H3,(H2,22,23,24,26). The summed E-state index contributed by atoms with van der Waals surface area (Å²) in [6, 6.07) is 16.4. The summed E-state index contributed by atoms with van der Waals surface area (Å²) in [7, 11) is 0. The van der Waals surface area contributed by atoms with Crippen molar-refractivity contribution in [3.05, 3.63) is 82.8 Å². The topological polar surface area (TPSA) is 41.9 Å². The van der Waals surface area contributed by atoms with Gasteiger partial charge in [0.2, 0.25) is 0 Å². The summed E-state index contributed by atoms with van der Waals surface area (Å²) in [6.07, 6.45) is 1.68. The van der Waals surface area contributed by atoms with Crippen LogP contribution in [-0.2, 0) is 6.54 Å². The molecule has 3 rings (SSSR count). The number of aromatic nitrogens is 2. The maximum Gasteiger partial charge on any atom is 0.173 e. The first-order valence-electron chi connectivity index (χ1n) is 8.11. The fraction of sp³-hybridized carbons (Fsp3) is 0.158. The van der Waals surface area contributed by atoms with Gasteiger partial charge in [-0.15, -0.1) is 0 Å². The van der Waals surface area contributed by atoms with Crippen LogP contribution in [0.2, 0.25) is 5.02 Å². The van der Waals surface area contributed by atoms with Crippen molar-refractivity contribution in [2.75, 3.05) is 5.32 Å². The summed E-state index contributed by atoms with van der Waals surface area (Å²) in [6.45, 7) is 2.44. The fourth-order valence-corrected chi connectivity index (χ4v) is 3.02. The normalized spacial score (nSPS) is 11.8. The number of thiocarbonyl (C=S) groups is 1. The minimum atomic E-state index is -0.278. The third kappa shape index (κ3) is 4.80. The highest BCUT2D eigenvalue weighted by molar-refractivity contribution is 7.80. The van der Waals surface area contributed by atoms with Gasteiger partial charge in [-0.25, -0.2) is 4.39 Å². The first-order chi connectivity index (χ1) is 12.5. The van der Waals surface area contributed by atoms with Crippen LogP contribution >= 0.6 is 23.8 Å². The predicted octanol–water partition coefficient (Wildman–Crippen LogP) is 4.77. The summed E-state index contributed by atoms with van der Waals surface area (Å²) in [5.74, 6) is 0.181. The molecule has 0 spiro atoms. The third-order valence-electron chi connectivity index (χ3n) is 3.83. The second-order valence-corrected chi connectivity index (χ2v) is 6.70. The van der Waals surface area contributed by atoms with Crippen molar-refractivity contribution < 1.29 is 4.39 Å². The van der Waals surface area contributed by atoms with E-state index in [1.54, 1.807) is 16.9 Å². The van der Waals surface area contributed by atoms with Crippen LogP contribution in [0.15, 0.2) is 60.8 Å². The molecule has 3 aromatic rings. The van der Waals surface area contributed by atoms with Gasteiger partial charge in [-0.1, -0.05) is 54.1 Å². The van der Waals surface area contributed by atoms with Gasteiger partial charge >= 0.3 is 0 Å². The Balaban J connectivity index is 1.63. The van der Waals surface area contributed by atoms with Crippen molar-refractivity contribution in [2.45, 2.75) is 19.5 Å². The molecule has 2 aromatic carbocycles. The SMILES string of the molecule is CC(NC(=S)Nc1nn(Cc2cccc(F)c2)cc1Cl)c1ccccc1. The number of nitrogens with zero attached hydrogens (tertiary/aromatic N) is 2. The molecule has 1 atom stereocenters. The van der Waals surface area contributed by atoms with E-state index in [1.807, 2.05) is 43.3 Å². The van der Waals surface area contributed by atoms with Crippen LogP contribution in [0, 0.1) is 5.82 Å². The van der Waals surface area contributed by atoms with E-state index in [-0.39, 0.29) is 11.9 Å². The zero-order chi connectivity index (χ0) is 18.5. The predicted molar refractivity (Wildman–Crippen MR) is 107 cm³/mol. The van der Waals surface area contributed by atoms with Gasteiger partial charge in [-0.2, -0.15) is 5.10 Å². The number of benzene rings is 2. The van der Waals surface area contributed by atoms with E-state index < -0.39 is 0 Å². The molecule has 0 aliphatic rings. The number of nitrogens with one attached hydrogen (secondary N) is 2. The Labute approximate surface area is 162 Å². The van der Waals surface area contributed by atoms with Gasteiger partial charge < -0.3 is 10.6 Å². The van der Waals surface area contributed by atoms with E-state index in [2.05, 4.69) is 15.7 Å². The van der Waals surface area contributed by atoms with Gasteiger partial charge in [0.25, 0.3) is 0 Å². The van der Waals surface area contributed by atoms with Gasteiger partial charge in [0, 0.05) is 6.20 Å². The Bertz CT molecular complexity index is 898. The molecule has 7 heteroatoms. The molecule has 0 radical (unpaired) electrons. The molecule has 26 heavy (non-hydrogen) atoms. The summed E-state index contributed by atoms with van der Waals surface area (Å²) < 4.78 is 14.9. The largest absolute Gasteiger partial charge is 0.356 e. The Hall–Kier alpha value is -2.44. The minimum Gasteiger partial charge on any atom is -0.356 e. The van der Waals surface area contributed by atoms with Gasteiger partial charge in [0.1, 0.15) is 10.8 Å². The lowest BCUT2D eigenvalue weighted by atomic mass is 10.1. The minimum absolute atomic E-state index is 0.0457. The highest BCUT2D eigenvalue weighted by Crippen LogP contribution is 2.20. The zero-order valence-corrected chi connectivity index (χ0v) is 15.7. The lowest BCUT2D eigenvalue weighted by molar-refractivity contribution is 0.619. The van der Waals surface area contributed by atoms with Crippen molar-refractivity contribution in [2.24, 2.45) is 0 Å². The Morgan fingerprint density at radius 3 is 2.73 bits per heavy atom. The molecular formula is C19H18ClFN4S. The molecule has 1 heterocycles. The molecule has 0 saturated carbocycles. The maximum absolute atomic E-state index is 13.3. The number of hydrogen-bond donors (Lipinski definition) is 2. The van der Waals surface area contributed by atoms with Crippen LogP contribution in [0.3, 0.4) is 0 Å². The van der Waals surface area contributed by atoms with Gasteiger partial charge in [0.05, 0.1) is 12.6 Å². The van der Waals surface area contributed by atoms with Gasteiger partial charge in [-0.3, -0.25) is 4.68 Å². The number of anilines is 1. The molecule has 0 amide bonds. The van der Waals surface area contributed by atoms with E-state index in [0.29, 0.717) is 22.5 Å². The monoisotopic (exact) mass is 388 g/mol. The van der Waals surface area contributed by atoms with Crippen molar-refractivity contribution in [1.29, 1.82) is 0 Å². The fourth-order valence-electron chi connectivity index (χ4n) is 2.55. The lowest BCUT2D eigenvalue weighted by Crippen LogP contribution is -2.31. The van der Waals surface area contributed by atoms with Crippen LogP contribution in [-0.4, -0.2) is 14.9 Å². The molecule has 0 fully saturated rings. The first kappa shape index (κ1) is 18.4. The molecule has 0 aliphatic heterocycles. The van der Waals surface area contributed by atoms with Gasteiger partial charge in [-0.05, 0) is 42.4 Å². The molecule has 1 aromatic heterocycles. The Morgan fingerprint density at radius 1 is 1.23 bits per heavy atom. The summed E-state index contributed by atoms with van der Waals surface area (Å²) in [5, 5.41) is 11.5. The lowest BCUT2D eigenvalue weighted by Gasteiger charge is -2.16. The molecule has 1 unspecified atom stereocenters. The molecule has 4 nitrogen and oxygen atoms in total. The molecule has 0 aliphatic carbocycles. The van der Waals surface area contributed by atoms with E-state index in [9.17, 15) is 4.39 Å². The second-order valence-electron chi connectivity index (χ2n) is 5.88. The quantitative estimate of drug-likeness (QED) is 0.618. The van der Waals surface area contributed by atoms with Crippen molar-refractivity contribution >= 4 is 34.7 Å². The number of hydrogen-bond acceptors (Lipinski definition) is 2. The Kier molecular flexibility index (Phi) is 5.85. The molecule has 2 N–H and O–H groups in total. The van der Waals surface area contributed by atoms with Crippen LogP contribution in [0.25, 0.3) is 0 Å². The van der Waals surface area contributed by atoms with Crippen molar-refractivity contribution in [3.63, 3.8) is 0 Å². The average Bonchev–Trinajstić information content (AvgIpc) is 2.94. The second kappa shape index (κ2) is 8.29. The van der Waals surface area contributed by atoms with Crippen LogP contribution in [0.5, 0.6) is 0 Å². The van der Waals surface area contributed by atoms with Crippen LogP contribution < -0.4 is 10.6 Å². The van der Waals surface area contributed by atoms with E-state index in [1.165, 1.54) is 12.1 Å². The highest BCUT2D eigenvalue weighted by Gasteiger charge is 2.11. The zero-order valence-electron chi connectivity index (χ0n) is 14.1. The van der Waals surface area contributed by atoms with Gasteiger partial charge in [0.15, 0.2) is 10.9 Å². The highest BCUT2D eigenvalue weighted by atomic mass is 35.5. The van der Waals surface area contributed by atoms with E-state index in [0.717, 1.165) is 11.1 Å². The maximum atomic E-state index is 13.3. The summed E-state index contributed by atoms with van der Waals surface area (Å²) in [4.78, 5) is 0. The van der Waals surface area contributed by atoms with Crippen LogP contribution in [0.1, 0.15) is 24.1 Å². The average molecular weight is 389 g/mol. The smallest absolute Gasteiger partial charge is 0.173 e. The number of rotatable bonds is 5. The van der Waals surface area contributed by atoms with Crippen LogP contribution in [0.4, 0.5) is 10.2 Å². The summed E-state index contributed by atoms with van der Waals surface area (Å²) in [5.41, 5.74) is 1.92. The molecule has 134 valence electrons.